The molecule has 0 radical (unpaired) electrons. The Balaban J connectivity index is 0. The Hall–Kier alpha value is -0.610. The van der Waals surface area contributed by atoms with Crippen LogP contribution in [0.4, 0.5) is 0 Å². The first-order valence-electron chi connectivity index (χ1n) is 18.5. The summed E-state index contributed by atoms with van der Waals surface area (Å²) < 4.78 is 4.55. The van der Waals surface area contributed by atoms with E-state index >= 15 is 0 Å². The number of aliphatic hydroxyl groups excluding tert-OH is 1. The predicted molar refractivity (Wildman–Crippen MR) is 182 cm³/mol. The van der Waals surface area contributed by atoms with Gasteiger partial charge in [0.1, 0.15) is 0 Å². The number of aliphatic hydroxyl groups is 1. The molecular formula is C37H77NO3. The molecule has 0 aliphatic carbocycles. The largest absolute Gasteiger partial charge is 0.391 e. The Morgan fingerprint density at radius 1 is 0.537 bits per heavy atom. The SMILES string of the molecule is CCCCCCCCCCCCCCCN(CCCCCCCCCCCCCC)C(=O)CCC.COCC(C)O. The average Bonchev–Trinajstić information content (AvgIpc) is 2.95. The second kappa shape index (κ2) is 37.4. The minimum atomic E-state index is -0.324. The number of methoxy groups -OCH3 is 1. The first kappa shape index (κ1) is 42.5. The Bertz CT molecular complexity index is 483. The summed E-state index contributed by atoms with van der Waals surface area (Å²) in [5.74, 6) is 0.398. The van der Waals surface area contributed by atoms with Crippen molar-refractivity contribution in [3.05, 3.63) is 0 Å². The van der Waals surface area contributed by atoms with E-state index in [-0.39, 0.29) is 6.10 Å². The highest BCUT2D eigenvalue weighted by Gasteiger charge is 2.11. The van der Waals surface area contributed by atoms with Crippen LogP contribution in [-0.4, -0.2) is 48.8 Å². The average molecular weight is 584 g/mol. The topological polar surface area (TPSA) is 49.8 Å². The van der Waals surface area contributed by atoms with Gasteiger partial charge in [0.05, 0.1) is 12.7 Å². The van der Waals surface area contributed by atoms with Crippen molar-refractivity contribution < 1.29 is 14.6 Å². The number of unbranched alkanes of at least 4 members (excludes halogenated alkanes) is 23. The third kappa shape index (κ3) is 37.4. The smallest absolute Gasteiger partial charge is 0.222 e. The molecule has 1 amide bonds. The molecule has 4 heteroatoms. The number of rotatable bonds is 31. The summed E-state index contributed by atoms with van der Waals surface area (Å²) in [6, 6.07) is 0. The molecule has 0 fully saturated rings. The normalized spacial score (nSPS) is 11.8. The van der Waals surface area contributed by atoms with E-state index in [2.05, 4.69) is 30.4 Å². The maximum atomic E-state index is 12.6. The van der Waals surface area contributed by atoms with Crippen molar-refractivity contribution in [2.45, 2.75) is 207 Å². The molecule has 0 aliphatic heterocycles. The van der Waals surface area contributed by atoms with Crippen LogP contribution in [0.2, 0.25) is 0 Å². The lowest BCUT2D eigenvalue weighted by Crippen LogP contribution is -2.32. The van der Waals surface area contributed by atoms with Crippen molar-refractivity contribution in [3.8, 4) is 0 Å². The van der Waals surface area contributed by atoms with E-state index in [1.54, 1.807) is 14.0 Å². The summed E-state index contributed by atoms with van der Waals surface area (Å²) in [6.45, 7) is 10.8. The van der Waals surface area contributed by atoms with E-state index in [0.29, 0.717) is 12.5 Å². The van der Waals surface area contributed by atoms with Gasteiger partial charge in [0.2, 0.25) is 5.91 Å². The van der Waals surface area contributed by atoms with Gasteiger partial charge >= 0.3 is 0 Å². The molecule has 0 saturated carbocycles. The summed E-state index contributed by atoms with van der Waals surface area (Å²) in [5.41, 5.74) is 0. The van der Waals surface area contributed by atoms with Gasteiger partial charge in [0.15, 0.2) is 0 Å². The van der Waals surface area contributed by atoms with Gasteiger partial charge in [-0.1, -0.05) is 168 Å². The molecule has 0 heterocycles. The van der Waals surface area contributed by atoms with Gasteiger partial charge < -0.3 is 14.7 Å². The fourth-order valence-corrected chi connectivity index (χ4v) is 5.44. The fraction of sp³-hybridized carbons (Fsp3) is 0.973. The lowest BCUT2D eigenvalue weighted by Gasteiger charge is -2.22. The zero-order chi connectivity index (χ0) is 30.7. The van der Waals surface area contributed by atoms with E-state index < -0.39 is 0 Å². The highest BCUT2D eigenvalue weighted by molar-refractivity contribution is 5.76. The van der Waals surface area contributed by atoms with Gasteiger partial charge in [-0.15, -0.1) is 0 Å². The van der Waals surface area contributed by atoms with Gasteiger partial charge in [-0.3, -0.25) is 4.79 Å². The van der Waals surface area contributed by atoms with Gasteiger partial charge in [0.25, 0.3) is 0 Å². The van der Waals surface area contributed by atoms with Crippen LogP contribution in [0, 0.1) is 0 Å². The first-order valence-corrected chi connectivity index (χ1v) is 18.5. The standard InChI is InChI=1S/C33H67NO.C4H10O2/c1-4-7-9-11-13-15-17-19-21-23-25-27-29-32-34(33(35)30-6-3)31-28-26-24-22-20-18-16-14-12-10-8-5-2;1-4(5)3-6-2/h4-32H2,1-3H3;4-5H,3H2,1-2H3. The molecule has 0 aliphatic rings. The fourth-order valence-electron chi connectivity index (χ4n) is 5.44. The van der Waals surface area contributed by atoms with Crippen LogP contribution in [0.1, 0.15) is 201 Å². The second-order valence-corrected chi connectivity index (χ2v) is 12.6. The van der Waals surface area contributed by atoms with Crippen LogP contribution in [0.15, 0.2) is 0 Å². The quantitative estimate of drug-likeness (QED) is 0.0826. The van der Waals surface area contributed by atoms with Crippen molar-refractivity contribution >= 4 is 5.91 Å². The lowest BCUT2D eigenvalue weighted by molar-refractivity contribution is -0.131. The molecule has 0 aromatic carbocycles. The van der Waals surface area contributed by atoms with Crippen LogP contribution in [0.3, 0.4) is 0 Å². The van der Waals surface area contributed by atoms with Crippen molar-refractivity contribution in [1.82, 2.24) is 4.90 Å². The van der Waals surface area contributed by atoms with E-state index in [1.807, 2.05) is 0 Å². The monoisotopic (exact) mass is 584 g/mol. The van der Waals surface area contributed by atoms with Crippen molar-refractivity contribution in [2.24, 2.45) is 0 Å². The summed E-state index contributed by atoms with van der Waals surface area (Å²) >= 11 is 0. The molecule has 0 aromatic heterocycles. The number of hydrogen-bond acceptors (Lipinski definition) is 3. The van der Waals surface area contributed by atoms with Crippen LogP contribution in [-0.2, 0) is 9.53 Å². The summed E-state index contributed by atoms with van der Waals surface area (Å²) in [5, 5.41) is 8.43. The second-order valence-electron chi connectivity index (χ2n) is 12.6. The summed E-state index contributed by atoms with van der Waals surface area (Å²) in [4.78, 5) is 14.7. The molecular weight excluding hydrogens is 506 g/mol. The Morgan fingerprint density at radius 3 is 1.05 bits per heavy atom. The summed E-state index contributed by atoms with van der Waals surface area (Å²) in [6.07, 6.45) is 36.0. The van der Waals surface area contributed by atoms with E-state index in [1.165, 1.54) is 161 Å². The Kier molecular flexibility index (Phi) is 38.8. The number of hydrogen-bond donors (Lipinski definition) is 1. The minimum absolute atomic E-state index is 0.324. The van der Waals surface area contributed by atoms with Gasteiger partial charge in [-0.05, 0) is 26.2 Å². The van der Waals surface area contributed by atoms with E-state index in [9.17, 15) is 4.79 Å². The van der Waals surface area contributed by atoms with Gasteiger partial charge in [0, 0.05) is 26.6 Å². The molecule has 0 aromatic rings. The van der Waals surface area contributed by atoms with E-state index in [0.717, 1.165) is 25.9 Å². The molecule has 248 valence electrons. The van der Waals surface area contributed by atoms with Crippen LogP contribution in [0.5, 0.6) is 0 Å². The molecule has 0 saturated heterocycles. The van der Waals surface area contributed by atoms with Crippen LogP contribution < -0.4 is 0 Å². The van der Waals surface area contributed by atoms with E-state index in [4.69, 9.17) is 5.11 Å². The highest BCUT2D eigenvalue weighted by atomic mass is 16.5. The third-order valence-corrected chi connectivity index (χ3v) is 8.04. The van der Waals surface area contributed by atoms with Gasteiger partial charge in [-0.2, -0.15) is 0 Å². The maximum absolute atomic E-state index is 12.6. The molecule has 0 spiro atoms. The van der Waals surface area contributed by atoms with Gasteiger partial charge in [-0.25, -0.2) is 0 Å². The third-order valence-electron chi connectivity index (χ3n) is 8.04. The molecule has 0 bridgehead atoms. The molecule has 0 rings (SSSR count). The Morgan fingerprint density at radius 2 is 0.829 bits per heavy atom. The molecule has 41 heavy (non-hydrogen) atoms. The van der Waals surface area contributed by atoms with Crippen LogP contribution >= 0.6 is 0 Å². The van der Waals surface area contributed by atoms with Crippen LogP contribution in [0.25, 0.3) is 0 Å². The molecule has 4 nitrogen and oxygen atoms in total. The van der Waals surface area contributed by atoms with Crippen molar-refractivity contribution in [2.75, 3.05) is 26.8 Å². The Labute approximate surface area is 259 Å². The molecule has 1 unspecified atom stereocenters. The van der Waals surface area contributed by atoms with Crippen molar-refractivity contribution in [1.29, 1.82) is 0 Å². The number of carbonyl (C=O) groups is 1. The zero-order valence-corrected chi connectivity index (χ0v) is 29.0. The molecule has 1 N–H and O–H groups in total. The number of ether oxygens (including phenoxy) is 1. The summed E-state index contributed by atoms with van der Waals surface area (Å²) in [7, 11) is 1.56. The lowest BCUT2D eigenvalue weighted by atomic mass is 10.0. The van der Waals surface area contributed by atoms with Crippen molar-refractivity contribution in [3.63, 3.8) is 0 Å². The zero-order valence-electron chi connectivity index (χ0n) is 29.0. The first-order chi connectivity index (χ1) is 20.0. The molecule has 1 atom stereocenters. The number of nitrogens with zero attached hydrogens (tertiary/aromatic N) is 1. The minimum Gasteiger partial charge on any atom is -0.391 e. The number of amides is 1. The number of carbonyl (C=O) groups excluding carboxylic acids is 1. The predicted octanol–water partition coefficient (Wildman–Crippen LogP) is 11.4. The highest BCUT2D eigenvalue weighted by Crippen LogP contribution is 2.15. The maximum Gasteiger partial charge on any atom is 0.222 e.